The summed E-state index contributed by atoms with van der Waals surface area (Å²) in [7, 11) is 0. The topological polar surface area (TPSA) is 32.5 Å². The Balaban J connectivity index is 1.74. The second-order valence-corrected chi connectivity index (χ2v) is 6.28. The Hall–Kier alpha value is -0.190. The van der Waals surface area contributed by atoms with Crippen molar-refractivity contribution in [1.82, 2.24) is 9.80 Å². The maximum Gasteiger partial charge on any atom is 0.0901 e. The van der Waals surface area contributed by atoms with Gasteiger partial charge in [-0.3, -0.25) is 4.90 Å². The lowest BCUT2D eigenvalue weighted by Gasteiger charge is -2.39. The summed E-state index contributed by atoms with van der Waals surface area (Å²) in [5, 5.41) is 0. The molecule has 104 valence electrons. The highest BCUT2D eigenvalue weighted by molar-refractivity contribution is 7.80. The predicted octanol–water partition coefficient (Wildman–Crippen LogP) is 1.86. The Morgan fingerprint density at radius 1 is 1.22 bits per heavy atom. The van der Waals surface area contributed by atoms with Crippen LogP contribution < -0.4 is 5.73 Å². The van der Waals surface area contributed by atoms with Crippen molar-refractivity contribution in [3.8, 4) is 0 Å². The highest BCUT2D eigenvalue weighted by Gasteiger charge is 2.26. The van der Waals surface area contributed by atoms with Crippen molar-refractivity contribution in [2.24, 2.45) is 11.7 Å². The van der Waals surface area contributed by atoms with Gasteiger partial charge in [-0.2, -0.15) is 0 Å². The lowest BCUT2D eigenvalue weighted by Crippen LogP contribution is -2.54. The molecule has 0 spiro atoms. The quantitative estimate of drug-likeness (QED) is 0.772. The summed E-state index contributed by atoms with van der Waals surface area (Å²) in [5.74, 6) is 0.967. The molecule has 2 fully saturated rings. The largest absolute Gasteiger partial charge is 0.392 e. The molecule has 1 saturated carbocycles. The van der Waals surface area contributed by atoms with Crippen LogP contribution >= 0.6 is 12.2 Å². The first-order valence-corrected chi connectivity index (χ1v) is 7.87. The first-order chi connectivity index (χ1) is 8.70. The molecule has 1 atom stereocenters. The molecule has 0 aromatic carbocycles. The summed E-state index contributed by atoms with van der Waals surface area (Å²) in [5.41, 5.74) is 5.82. The van der Waals surface area contributed by atoms with Crippen LogP contribution in [0.2, 0.25) is 0 Å². The molecule has 2 N–H and O–H groups in total. The summed E-state index contributed by atoms with van der Waals surface area (Å²) in [4.78, 5) is 5.77. The molecular weight excluding hydrogens is 242 g/mol. The van der Waals surface area contributed by atoms with Gasteiger partial charge in [0.2, 0.25) is 0 Å². The van der Waals surface area contributed by atoms with Crippen molar-refractivity contribution in [3.05, 3.63) is 0 Å². The Morgan fingerprint density at radius 2 is 1.83 bits per heavy atom. The second kappa shape index (κ2) is 6.83. The number of piperazine rings is 1. The minimum atomic E-state index is 0.314. The van der Waals surface area contributed by atoms with E-state index in [4.69, 9.17) is 18.0 Å². The first-order valence-electron chi connectivity index (χ1n) is 7.46. The van der Waals surface area contributed by atoms with E-state index in [2.05, 4.69) is 16.7 Å². The van der Waals surface area contributed by atoms with Crippen molar-refractivity contribution in [1.29, 1.82) is 0 Å². The summed E-state index contributed by atoms with van der Waals surface area (Å²) in [6.07, 6.45) is 6.83. The predicted molar refractivity (Wildman–Crippen MR) is 80.8 cm³/mol. The Labute approximate surface area is 117 Å². The zero-order valence-electron chi connectivity index (χ0n) is 11.6. The zero-order valence-corrected chi connectivity index (χ0v) is 12.4. The number of hydrogen-bond donors (Lipinski definition) is 1. The van der Waals surface area contributed by atoms with Gasteiger partial charge in [0.25, 0.3) is 0 Å². The van der Waals surface area contributed by atoms with Crippen LogP contribution in [0.25, 0.3) is 0 Å². The van der Waals surface area contributed by atoms with Gasteiger partial charge in [0.15, 0.2) is 0 Å². The molecule has 1 aliphatic carbocycles. The van der Waals surface area contributed by atoms with Crippen LogP contribution in [-0.4, -0.2) is 53.6 Å². The fraction of sp³-hybridized carbons (Fsp3) is 0.929. The fourth-order valence-electron chi connectivity index (χ4n) is 3.46. The normalized spacial score (nSPS) is 25.4. The van der Waals surface area contributed by atoms with Gasteiger partial charge >= 0.3 is 0 Å². The molecule has 1 aliphatic heterocycles. The minimum absolute atomic E-state index is 0.314. The van der Waals surface area contributed by atoms with E-state index in [1.165, 1.54) is 45.3 Å². The molecule has 18 heavy (non-hydrogen) atoms. The molecule has 1 unspecified atom stereocenters. The molecule has 3 nitrogen and oxygen atoms in total. The average molecular weight is 269 g/mol. The molecule has 0 radical (unpaired) electrons. The van der Waals surface area contributed by atoms with Gasteiger partial charge in [-0.25, -0.2) is 0 Å². The van der Waals surface area contributed by atoms with Gasteiger partial charge in [0.1, 0.15) is 0 Å². The summed E-state index contributed by atoms with van der Waals surface area (Å²) < 4.78 is 0. The Bertz CT molecular complexity index is 268. The standard InChI is InChI=1S/C14H27N3S/c1-2-13(14(15)18)17-9-7-16(8-10-17)11-12-5-3-4-6-12/h12-13H,2-11H2,1H3,(H2,15,18). The number of rotatable bonds is 5. The molecule has 2 aliphatic rings. The van der Waals surface area contributed by atoms with Crippen molar-refractivity contribution in [2.75, 3.05) is 32.7 Å². The Morgan fingerprint density at radius 3 is 2.33 bits per heavy atom. The third-order valence-corrected chi connectivity index (χ3v) is 4.83. The first kappa shape index (κ1) is 14.2. The van der Waals surface area contributed by atoms with E-state index in [-0.39, 0.29) is 0 Å². The van der Waals surface area contributed by atoms with Gasteiger partial charge in [0.05, 0.1) is 11.0 Å². The number of nitrogens with zero attached hydrogens (tertiary/aromatic N) is 2. The maximum atomic E-state index is 5.82. The van der Waals surface area contributed by atoms with E-state index in [0.717, 1.165) is 25.4 Å². The third kappa shape index (κ3) is 3.65. The van der Waals surface area contributed by atoms with E-state index in [1.54, 1.807) is 0 Å². The third-order valence-electron chi connectivity index (χ3n) is 4.55. The van der Waals surface area contributed by atoms with Crippen LogP contribution in [-0.2, 0) is 0 Å². The van der Waals surface area contributed by atoms with E-state index in [0.29, 0.717) is 11.0 Å². The molecule has 1 heterocycles. The monoisotopic (exact) mass is 269 g/mol. The van der Waals surface area contributed by atoms with Crippen molar-refractivity contribution in [3.63, 3.8) is 0 Å². The molecule has 2 rings (SSSR count). The summed E-state index contributed by atoms with van der Waals surface area (Å²) in [6, 6.07) is 0.314. The van der Waals surface area contributed by atoms with Crippen molar-refractivity contribution >= 4 is 17.2 Å². The summed E-state index contributed by atoms with van der Waals surface area (Å²) >= 11 is 5.16. The van der Waals surface area contributed by atoms with Gasteiger partial charge in [-0.1, -0.05) is 32.0 Å². The van der Waals surface area contributed by atoms with Crippen molar-refractivity contribution < 1.29 is 0 Å². The second-order valence-electron chi connectivity index (χ2n) is 5.81. The molecular formula is C14H27N3S. The van der Waals surface area contributed by atoms with Crippen molar-refractivity contribution in [2.45, 2.75) is 45.1 Å². The molecule has 0 aromatic heterocycles. The van der Waals surface area contributed by atoms with Gasteiger partial charge in [-0.15, -0.1) is 0 Å². The van der Waals surface area contributed by atoms with Crippen LogP contribution in [0.4, 0.5) is 0 Å². The SMILES string of the molecule is CCC(C(N)=S)N1CCN(CC2CCCC2)CC1. The van der Waals surface area contributed by atoms with Crippen LogP contribution in [0.1, 0.15) is 39.0 Å². The smallest absolute Gasteiger partial charge is 0.0901 e. The summed E-state index contributed by atoms with van der Waals surface area (Å²) in [6.45, 7) is 8.13. The number of nitrogens with two attached hydrogens (primary N) is 1. The van der Waals surface area contributed by atoms with Crippen LogP contribution in [0, 0.1) is 5.92 Å². The highest BCUT2D eigenvalue weighted by Crippen LogP contribution is 2.25. The maximum absolute atomic E-state index is 5.82. The van der Waals surface area contributed by atoms with Crippen LogP contribution in [0.5, 0.6) is 0 Å². The molecule has 0 bridgehead atoms. The van der Waals surface area contributed by atoms with E-state index in [1.807, 2.05) is 0 Å². The lowest BCUT2D eigenvalue weighted by molar-refractivity contribution is 0.104. The van der Waals surface area contributed by atoms with Crippen LogP contribution in [0.15, 0.2) is 0 Å². The van der Waals surface area contributed by atoms with E-state index < -0.39 is 0 Å². The fourth-order valence-corrected chi connectivity index (χ4v) is 3.77. The lowest BCUT2D eigenvalue weighted by atomic mass is 10.1. The van der Waals surface area contributed by atoms with Gasteiger partial charge < -0.3 is 10.6 Å². The average Bonchev–Trinajstić information content (AvgIpc) is 2.84. The number of hydrogen-bond acceptors (Lipinski definition) is 3. The minimum Gasteiger partial charge on any atom is -0.392 e. The Kier molecular flexibility index (Phi) is 5.39. The van der Waals surface area contributed by atoms with Crippen LogP contribution in [0.3, 0.4) is 0 Å². The zero-order chi connectivity index (χ0) is 13.0. The van der Waals surface area contributed by atoms with E-state index >= 15 is 0 Å². The molecule has 1 saturated heterocycles. The highest BCUT2D eigenvalue weighted by atomic mass is 32.1. The molecule has 0 aromatic rings. The molecule has 0 amide bonds. The number of thiocarbonyl (C=S) groups is 1. The molecule has 4 heteroatoms. The van der Waals surface area contributed by atoms with E-state index in [9.17, 15) is 0 Å². The van der Waals surface area contributed by atoms with Gasteiger partial charge in [-0.05, 0) is 25.2 Å². The van der Waals surface area contributed by atoms with Gasteiger partial charge in [0, 0.05) is 32.7 Å².